The van der Waals surface area contributed by atoms with Gasteiger partial charge >= 0.3 is 0 Å². The van der Waals surface area contributed by atoms with Crippen molar-refractivity contribution in [2.24, 2.45) is 5.92 Å². The van der Waals surface area contributed by atoms with Gasteiger partial charge in [-0.1, -0.05) is 19.9 Å². The number of likely N-dealkylation sites (tertiary alicyclic amines) is 1. The lowest BCUT2D eigenvalue weighted by Gasteiger charge is -2.37. The van der Waals surface area contributed by atoms with Gasteiger partial charge < -0.3 is 15.2 Å². The van der Waals surface area contributed by atoms with Crippen LogP contribution in [0.3, 0.4) is 0 Å². The lowest BCUT2D eigenvalue weighted by atomic mass is 9.93. The lowest BCUT2D eigenvalue weighted by molar-refractivity contribution is 0.0640. The van der Waals surface area contributed by atoms with E-state index < -0.39 is 0 Å². The van der Waals surface area contributed by atoms with Crippen LogP contribution in [-0.2, 0) is 0 Å². The monoisotopic (exact) mass is 263 g/mol. The topological polar surface area (TPSA) is 65.2 Å². The number of aromatic nitrogens is 1. The van der Waals surface area contributed by atoms with Gasteiger partial charge in [-0.15, -0.1) is 0 Å². The number of carbonyl (C=O) groups excluding carboxylic acids is 1. The third kappa shape index (κ3) is 3.23. The Balaban J connectivity index is 2.04. The standard InChI is InChI=1S/C14H21N3O2/c1-3-15-11-7-8-17(9-10(11)2)14(19)12-5-4-6-13(18)16-12/h4-6,10-11,15H,3,7-9H2,1-2H3,(H,16,18). The van der Waals surface area contributed by atoms with Gasteiger partial charge in [0.2, 0.25) is 5.56 Å². The summed E-state index contributed by atoms with van der Waals surface area (Å²) >= 11 is 0. The number of carbonyl (C=O) groups is 1. The maximum absolute atomic E-state index is 12.3. The van der Waals surface area contributed by atoms with E-state index in [1.165, 1.54) is 6.07 Å². The van der Waals surface area contributed by atoms with Gasteiger partial charge in [0, 0.05) is 25.2 Å². The number of pyridine rings is 1. The highest BCUT2D eigenvalue weighted by molar-refractivity contribution is 5.92. The molecule has 0 bridgehead atoms. The number of hydrogen-bond donors (Lipinski definition) is 2. The molecule has 19 heavy (non-hydrogen) atoms. The minimum Gasteiger partial charge on any atom is -0.337 e. The molecule has 1 aliphatic rings. The Morgan fingerprint density at radius 2 is 2.32 bits per heavy atom. The largest absolute Gasteiger partial charge is 0.337 e. The summed E-state index contributed by atoms with van der Waals surface area (Å²) in [4.78, 5) is 28.0. The van der Waals surface area contributed by atoms with Crippen molar-refractivity contribution in [2.45, 2.75) is 26.3 Å². The molecule has 1 fully saturated rings. The van der Waals surface area contributed by atoms with E-state index in [1.54, 1.807) is 12.1 Å². The predicted octanol–water partition coefficient (Wildman–Crippen LogP) is 0.835. The molecule has 1 amide bonds. The smallest absolute Gasteiger partial charge is 0.270 e. The molecule has 2 N–H and O–H groups in total. The summed E-state index contributed by atoms with van der Waals surface area (Å²) in [5.41, 5.74) is 0.142. The van der Waals surface area contributed by atoms with Gasteiger partial charge in [-0.05, 0) is 24.9 Å². The van der Waals surface area contributed by atoms with Crippen LogP contribution in [0, 0.1) is 5.92 Å². The van der Waals surface area contributed by atoms with Crippen molar-refractivity contribution in [1.29, 1.82) is 0 Å². The van der Waals surface area contributed by atoms with Crippen molar-refractivity contribution in [2.75, 3.05) is 19.6 Å². The first-order chi connectivity index (χ1) is 9.11. The van der Waals surface area contributed by atoms with Crippen LogP contribution in [0.1, 0.15) is 30.8 Å². The zero-order valence-corrected chi connectivity index (χ0v) is 11.5. The Morgan fingerprint density at radius 3 is 2.95 bits per heavy atom. The maximum Gasteiger partial charge on any atom is 0.270 e. The van der Waals surface area contributed by atoms with Crippen LogP contribution in [0.4, 0.5) is 0 Å². The molecule has 2 heterocycles. The number of nitrogens with one attached hydrogen (secondary N) is 2. The van der Waals surface area contributed by atoms with Gasteiger partial charge in [0.25, 0.3) is 5.91 Å². The van der Waals surface area contributed by atoms with E-state index in [4.69, 9.17) is 0 Å². The van der Waals surface area contributed by atoms with Crippen LogP contribution in [0.5, 0.6) is 0 Å². The molecule has 0 saturated carbocycles. The second kappa shape index (κ2) is 6.02. The SMILES string of the molecule is CCNC1CCN(C(=O)c2cccc(=O)[nH]2)CC1C. The first-order valence-electron chi connectivity index (χ1n) is 6.83. The third-order valence-electron chi connectivity index (χ3n) is 3.66. The van der Waals surface area contributed by atoms with Crippen molar-refractivity contribution < 1.29 is 4.79 Å². The molecule has 1 aliphatic heterocycles. The molecule has 5 nitrogen and oxygen atoms in total. The fourth-order valence-electron chi connectivity index (χ4n) is 2.64. The molecule has 0 aliphatic carbocycles. The van der Waals surface area contributed by atoms with Crippen LogP contribution in [0.25, 0.3) is 0 Å². The number of H-pyrrole nitrogens is 1. The molecule has 5 heteroatoms. The average Bonchev–Trinajstić information content (AvgIpc) is 2.40. The molecule has 0 radical (unpaired) electrons. The summed E-state index contributed by atoms with van der Waals surface area (Å²) in [6.45, 7) is 6.67. The number of rotatable bonds is 3. The van der Waals surface area contributed by atoms with E-state index in [9.17, 15) is 9.59 Å². The van der Waals surface area contributed by atoms with E-state index in [1.807, 2.05) is 4.90 Å². The van der Waals surface area contributed by atoms with Crippen LogP contribution in [-0.4, -0.2) is 41.5 Å². The molecule has 104 valence electrons. The summed E-state index contributed by atoms with van der Waals surface area (Å²) < 4.78 is 0. The first kappa shape index (κ1) is 13.8. The van der Waals surface area contributed by atoms with Gasteiger partial charge in [0.05, 0.1) is 0 Å². The molecule has 0 aromatic carbocycles. The van der Waals surface area contributed by atoms with E-state index in [0.717, 1.165) is 26.1 Å². The highest BCUT2D eigenvalue weighted by Crippen LogP contribution is 2.18. The molecule has 2 rings (SSSR count). The van der Waals surface area contributed by atoms with Crippen molar-refractivity contribution >= 4 is 5.91 Å². The normalized spacial score (nSPS) is 23.4. The molecular formula is C14H21N3O2. The Morgan fingerprint density at radius 1 is 1.53 bits per heavy atom. The van der Waals surface area contributed by atoms with E-state index >= 15 is 0 Å². The van der Waals surface area contributed by atoms with Crippen LogP contribution in [0.2, 0.25) is 0 Å². The highest BCUT2D eigenvalue weighted by Gasteiger charge is 2.28. The lowest BCUT2D eigenvalue weighted by Crippen LogP contribution is -2.50. The molecule has 1 aromatic rings. The van der Waals surface area contributed by atoms with Crippen molar-refractivity contribution in [1.82, 2.24) is 15.2 Å². The second-order valence-electron chi connectivity index (χ2n) is 5.11. The summed E-state index contributed by atoms with van der Waals surface area (Å²) in [7, 11) is 0. The number of aromatic amines is 1. The van der Waals surface area contributed by atoms with Gasteiger partial charge in [-0.3, -0.25) is 9.59 Å². The van der Waals surface area contributed by atoms with Gasteiger partial charge in [-0.2, -0.15) is 0 Å². The minimum atomic E-state index is -0.235. The summed E-state index contributed by atoms with van der Waals surface area (Å²) in [6, 6.07) is 5.16. The number of amides is 1. The van der Waals surface area contributed by atoms with Crippen molar-refractivity contribution in [3.8, 4) is 0 Å². The highest BCUT2D eigenvalue weighted by atomic mass is 16.2. The van der Waals surface area contributed by atoms with Gasteiger partial charge in [-0.25, -0.2) is 0 Å². The van der Waals surface area contributed by atoms with E-state index in [0.29, 0.717) is 17.7 Å². The quantitative estimate of drug-likeness (QED) is 0.849. The van der Waals surface area contributed by atoms with Gasteiger partial charge in [0.1, 0.15) is 5.69 Å². The van der Waals surface area contributed by atoms with Crippen LogP contribution in [0.15, 0.2) is 23.0 Å². The predicted molar refractivity (Wildman–Crippen MR) is 74.2 cm³/mol. The molecule has 1 aromatic heterocycles. The van der Waals surface area contributed by atoms with Crippen molar-refractivity contribution in [3.05, 3.63) is 34.2 Å². The summed E-state index contributed by atoms with van der Waals surface area (Å²) in [6.07, 6.45) is 0.956. The van der Waals surface area contributed by atoms with Crippen LogP contribution >= 0.6 is 0 Å². The molecule has 2 atom stereocenters. The molecule has 1 saturated heterocycles. The Hall–Kier alpha value is -1.62. The first-order valence-corrected chi connectivity index (χ1v) is 6.83. The maximum atomic E-state index is 12.3. The number of piperidine rings is 1. The zero-order valence-electron chi connectivity index (χ0n) is 11.5. The average molecular weight is 263 g/mol. The van der Waals surface area contributed by atoms with E-state index in [2.05, 4.69) is 24.1 Å². The Bertz CT molecular complexity index is 497. The Labute approximate surface area is 113 Å². The zero-order chi connectivity index (χ0) is 13.8. The van der Waals surface area contributed by atoms with Gasteiger partial charge in [0.15, 0.2) is 0 Å². The fourth-order valence-corrected chi connectivity index (χ4v) is 2.64. The summed E-state index contributed by atoms with van der Waals surface area (Å²) in [5, 5.41) is 3.45. The summed E-state index contributed by atoms with van der Waals surface area (Å²) in [5.74, 6) is 0.340. The van der Waals surface area contributed by atoms with Crippen LogP contribution < -0.4 is 10.9 Å². The number of hydrogen-bond acceptors (Lipinski definition) is 3. The molecular weight excluding hydrogens is 242 g/mol. The fraction of sp³-hybridized carbons (Fsp3) is 0.571. The third-order valence-corrected chi connectivity index (χ3v) is 3.66. The molecule has 2 unspecified atom stereocenters. The van der Waals surface area contributed by atoms with Crippen molar-refractivity contribution in [3.63, 3.8) is 0 Å². The molecule has 0 spiro atoms. The second-order valence-corrected chi connectivity index (χ2v) is 5.11. The minimum absolute atomic E-state index is 0.0838. The van der Waals surface area contributed by atoms with E-state index in [-0.39, 0.29) is 11.5 Å². The Kier molecular flexibility index (Phi) is 4.37. The number of nitrogens with zero attached hydrogens (tertiary/aromatic N) is 1.